The SMILES string of the molecule is CCOc1nc(C(CS(C)(=O)=O)n2c(=O)n(C)c3c(C)c(-c4ccccc4)cnc32)ccc1OC(F)F. The molecule has 196 valence electrons. The Balaban J connectivity index is 1.95. The molecule has 37 heavy (non-hydrogen) atoms. The average molecular weight is 533 g/mol. The fourth-order valence-electron chi connectivity index (χ4n) is 4.33. The zero-order valence-corrected chi connectivity index (χ0v) is 21.5. The van der Waals surface area contributed by atoms with Crippen LogP contribution in [0.4, 0.5) is 8.78 Å². The second-order valence-electron chi connectivity index (χ2n) is 8.51. The molecule has 0 amide bonds. The lowest BCUT2D eigenvalue weighted by Crippen LogP contribution is -2.31. The van der Waals surface area contributed by atoms with Crippen LogP contribution in [0.5, 0.6) is 11.6 Å². The van der Waals surface area contributed by atoms with Crippen molar-refractivity contribution in [3.63, 3.8) is 0 Å². The van der Waals surface area contributed by atoms with E-state index in [-0.39, 0.29) is 29.6 Å². The van der Waals surface area contributed by atoms with Crippen LogP contribution in [0.25, 0.3) is 22.3 Å². The van der Waals surface area contributed by atoms with E-state index in [1.807, 2.05) is 37.3 Å². The van der Waals surface area contributed by atoms with Crippen molar-refractivity contribution in [1.29, 1.82) is 0 Å². The predicted molar refractivity (Wildman–Crippen MR) is 135 cm³/mol. The van der Waals surface area contributed by atoms with Gasteiger partial charge in [0, 0.05) is 25.1 Å². The Morgan fingerprint density at radius 1 is 1.11 bits per heavy atom. The number of hydrogen-bond acceptors (Lipinski definition) is 7. The highest BCUT2D eigenvalue weighted by Gasteiger charge is 2.29. The van der Waals surface area contributed by atoms with Gasteiger partial charge in [-0.1, -0.05) is 30.3 Å². The molecule has 0 aliphatic rings. The van der Waals surface area contributed by atoms with Gasteiger partial charge in [-0.2, -0.15) is 8.78 Å². The molecule has 0 aliphatic heterocycles. The van der Waals surface area contributed by atoms with Gasteiger partial charge in [0.1, 0.15) is 9.84 Å². The number of rotatable bonds is 9. The molecule has 1 atom stereocenters. The van der Waals surface area contributed by atoms with Crippen molar-refractivity contribution < 1.29 is 26.7 Å². The van der Waals surface area contributed by atoms with Crippen LogP contribution in [-0.4, -0.2) is 52.7 Å². The van der Waals surface area contributed by atoms with E-state index in [1.165, 1.54) is 21.3 Å². The molecule has 0 fully saturated rings. The van der Waals surface area contributed by atoms with Crippen molar-refractivity contribution >= 4 is 21.0 Å². The third-order valence-electron chi connectivity index (χ3n) is 5.89. The Labute approximate surface area is 212 Å². The standard InChI is InChI=1S/C25H26F2N4O5S/c1-5-35-23-20(36-24(26)27)12-11-18(29-23)19(14-37(4,33)34)31-22-21(30(3)25(31)32)15(2)17(13-28-22)16-9-7-6-8-10-16/h6-13,19,24H,5,14H2,1-4H3. The number of benzene rings is 1. The van der Waals surface area contributed by atoms with Crippen LogP contribution < -0.4 is 15.2 Å². The highest BCUT2D eigenvalue weighted by Crippen LogP contribution is 2.33. The van der Waals surface area contributed by atoms with Crippen LogP contribution in [-0.2, 0) is 16.9 Å². The lowest BCUT2D eigenvalue weighted by molar-refractivity contribution is -0.0518. The third kappa shape index (κ3) is 5.33. The summed E-state index contributed by atoms with van der Waals surface area (Å²) in [5, 5.41) is 0. The predicted octanol–water partition coefficient (Wildman–Crippen LogP) is 3.74. The maximum Gasteiger partial charge on any atom is 0.387 e. The van der Waals surface area contributed by atoms with Gasteiger partial charge < -0.3 is 9.47 Å². The van der Waals surface area contributed by atoms with Crippen molar-refractivity contribution in [2.24, 2.45) is 7.05 Å². The Hall–Kier alpha value is -3.80. The first-order chi connectivity index (χ1) is 17.5. The molecule has 4 aromatic rings. The van der Waals surface area contributed by atoms with Gasteiger partial charge in [0.05, 0.1) is 29.6 Å². The second-order valence-corrected chi connectivity index (χ2v) is 10.7. The van der Waals surface area contributed by atoms with E-state index in [4.69, 9.17) is 4.74 Å². The molecule has 0 saturated carbocycles. The van der Waals surface area contributed by atoms with E-state index in [0.29, 0.717) is 5.52 Å². The fourth-order valence-corrected chi connectivity index (χ4v) is 5.22. The van der Waals surface area contributed by atoms with Crippen molar-refractivity contribution in [3.05, 3.63) is 70.4 Å². The third-order valence-corrected chi connectivity index (χ3v) is 6.81. The molecule has 4 rings (SSSR count). The summed E-state index contributed by atoms with van der Waals surface area (Å²) >= 11 is 0. The van der Waals surface area contributed by atoms with E-state index in [9.17, 15) is 22.0 Å². The number of fused-ring (bicyclic) bond motifs is 1. The monoisotopic (exact) mass is 532 g/mol. The molecule has 0 bridgehead atoms. The highest BCUT2D eigenvalue weighted by molar-refractivity contribution is 7.90. The molecule has 1 unspecified atom stereocenters. The number of imidazole rings is 1. The summed E-state index contributed by atoms with van der Waals surface area (Å²) in [4.78, 5) is 22.4. The van der Waals surface area contributed by atoms with Gasteiger partial charge in [-0.25, -0.2) is 23.2 Å². The molecule has 12 heteroatoms. The largest absolute Gasteiger partial charge is 0.475 e. The molecule has 0 N–H and O–H groups in total. The average Bonchev–Trinajstić information content (AvgIpc) is 3.09. The van der Waals surface area contributed by atoms with Gasteiger partial charge in [-0.15, -0.1) is 0 Å². The van der Waals surface area contributed by atoms with Crippen LogP contribution in [0.3, 0.4) is 0 Å². The highest BCUT2D eigenvalue weighted by atomic mass is 32.2. The fraction of sp³-hybridized carbons (Fsp3) is 0.320. The quantitative estimate of drug-likeness (QED) is 0.323. The number of aryl methyl sites for hydroxylation is 2. The van der Waals surface area contributed by atoms with Crippen LogP contribution >= 0.6 is 0 Å². The van der Waals surface area contributed by atoms with E-state index < -0.39 is 33.9 Å². The van der Waals surface area contributed by atoms with E-state index in [1.54, 1.807) is 20.2 Å². The number of alkyl halides is 2. The minimum atomic E-state index is -3.64. The number of sulfone groups is 1. The van der Waals surface area contributed by atoms with Gasteiger partial charge in [0.2, 0.25) is 0 Å². The van der Waals surface area contributed by atoms with Gasteiger partial charge in [-0.3, -0.25) is 9.13 Å². The number of ether oxygens (including phenoxy) is 2. The van der Waals surface area contributed by atoms with Gasteiger partial charge in [-0.05, 0) is 37.1 Å². The Morgan fingerprint density at radius 3 is 2.43 bits per heavy atom. The Morgan fingerprint density at radius 2 is 1.81 bits per heavy atom. The van der Waals surface area contributed by atoms with Crippen molar-refractivity contribution in [1.82, 2.24) is 19.1 Å². The van der Waals surface area contributed by atoms with E-state index in [2.05, 4.69) is 14.7 Å². The number of hydrogen-bond donors (Lipinski definition) is 0. The van der Waals surface area contributed by atoms with Crippen LogP contribution in [0.15, 0.2) is 53.5 Å². The molecular formula is C25H26F2N4O5S. The first-order valence-electron chi connectivity index (χ1n) is 11.4. The second kappa shape index (κ2) is 10.3. The van der Waals surface area contributed by atoms with Gasteiger partial charge in [0.25, 0.3) is 5.88 Å². The number of aromatic nitrogens is 4. The zero-order valence-electron chi connectivity index (χ0n) is 20.7. The normalized spacial score (nSPS) is 12.7. The van der Waals surface area contributed by atoms with Gasteiger partial charge in [0.15, 0.2) is 11.4 Å². The Kier molecular flexibility index (Phi) is 7.30. The lowest BCUT2D eigenvalue weighted by atomic mass is 10.0. The summed E-state index contributed by atoms with van der Waals surface area (Å²) in [6, 6.07) is 11.0. The van der Waals surface area contributed by atoms with E-state index in [0.717, 1.165) is 22.9 Å². The molecule has 9 nitrogen and oxygen atoms in total. The molecule has 1 aromatic carbocycles. The number of nitrogens with zero attached hydrogens (tertiary/aromatic N) is 4. The number of halogens is 2. The summed E-state index contributed by atoms with van der Waals surface area (Å²) in [5.41, 5.74) is 2.95. The molecule has 3 heterocycles. The molecular weight excluding hydrogens is 506 g/mol. The van der Waals surface area contributed by atoms with Crippen molar-refractivity contribution in [3.8, 4) is 22.8 Å². The summed E-state index contributed by atoms with van der Waals surface area (Å²) in [6.45, 7) is 0.499. The minimum absolute atomic E-state index is 0.101. The molecule has 0 spiro atoms. The summed E-state index contributed by atoms with van der Waals surface area (Å²) in [6.07, 6.45) is 2.68. The maximum atomic E-state index is 13.5. The Bertz CT molecular complexity index is 1600. The number of pyridine rings is 2. The first kappa shape index (κ1) is 26.3. The maximum absolute atomic E-state index is 13.5. The molecule has 0 saturated heterocycles. The van der Waals surface area contributed by atoms with Crippen LogP contribution in [0.1, 0.15) is 24.2 Å². The minimum Gasteiger partial charge on any atom is -0.475 e. The van der Waals surface area contributed by atoms with Gasteiger partial charge >= 0.3 is 12.3 Å². The van der Waals surface area contributed by atoms with Crippen molar-refractivity contribution in [2.45, 2.75) is 26.5 Å². The zero-order chi connectivity index (χ0) is 26.9. The lowest BCUT2D eigenvalue weighted by Gasteiger charge is -2.19. The first-order valence-corrected chi connectivity index (χ1v) is 13.5. The molecule has 3 aromatic heterocycles. The molecule has 0 radical (unpaired) electrons. The molecule has 0 aliphatic carbocycles. The summed E-state index contributed by atoms with van der Waals surface area (Å²) in [5.74, 6) is -1.02. The van der Waals surface area contributed by atoms with E-state index >= 15 is 0 Å². The van der Waals surface area contributed by atoms with Crippen LogP contribution in [0.2, 0.25) is 0 Å². The smallest absolute Gasteiger partial charge is 0.387 e. The van der Waals surface area contributed by atoms with Crippen molar-refractivity contribution in [2.75, 3.05) is 18.6 Å². The summed E-state index contributed by atoms with van der Waals surface area (Å²) < 4.78 is 63.2. The van der Waals surface area contributed by atoms with Crippen LogP contribution in [0, 0.1) is 6.92 Å². The summed E-state index contributed by atoms with van der Waals surface area (Å²) in [7, 11) is -2.06. The topological polar surface area (TPSA) is 105 Å².